The monoisotopic (exact) mass is 420 g/mol. The molecule has 1 heterocycles. The van der Waals surface area contributed by atoms with Crippen molar-refractivity contribution in [3.8, 4) is 0 Å². The second-order valence-corrected chi connectivity index (χ2v) is 7.61. The minimum absolute atomic E-state index is 0.125. The Morgan fingerprint density at radius 2 is 1.52 bits per heavy atom. The normalized spacial score (nSPS) is 20.8. The van der Waals surface area contributed by atoms with E-state index >= 15 is 0 Å². The molecule has 0 saturated heterocycles. The van der Waals surface area contributed by atoms with Crippen LogP contribution in [0.25, 0.3) is 0 Å². The van der Waals surface area contributed by atoms with E-state index < -0.39 is 29.3 Å². The Morgan fingerprint density at radius 3 is 2.16 bits per heavy atom. The van der Waals surface area contributed by atoms with Crippen molar-refractivity contribution >= 4 is 5.78 Å². The molecule has 0 radical (unpaired) electrons. The molecule has 1 aromatic heterocycles. The van der Waals surface area contributed by atoms with Gasteiger partial charge in [-0.15, -0.1) is 0 Å². The summed E-state index contributed by atoms with van der Waals surface area (Å²) < 4.78 is 13.2. The maximum absolute atomic E-state index is 13.2. The molecular formula is C24H24N2O5. The summed E-state index contributed by atoms with van der Waals surface area (Å²) in [6.45, 7) is 0.947. The van der Waals surface area contributed by atoms with Crippen molar-refractivity contribution < 1.29 is 14.3 Å². The predicted molar refractivity (Wildman–Crippen MR) is 115 cm³/mol. The summed E-state index contributed by atoms with van der Waals surface area (Å²) in [7, 11) is 0. The maximum Gasteiger partial charge on any atom is 0.328 e. The van der Waals surface area contributed by atoms with Crippen molar-refractivity contribution in [1.82, 2.24) is 9.55 Å². The van der Waals surface area contributed by atoms with Crippen LogP contribution < -0.4 is 11.2 Å². The lowest BCUT2D eigenvalue weighted by Gasteiger charge is -2.19. The van der Waals surface area contributed by atoms with E-state index in [0.717, 1.165) is 11.1 Å². The van der Waals surface area contributed by atoms with Crippen LogP contribution in [-0.4, -0.2) is 28.0 Å². The summed E-state index contributed by atoms with van der Waals surface area (Å²) in [5.41, 5.74) is 0.927. The van der Waals surface area contributed by atoms with E-state index in [2.05, 4.69) is 4.98 Å². The van der Waals surface area contributed by atoms with Crippen LogP contribution in [-0.2, 0) is 27.5 Å². The van der Waals surface area contributed by atoms with Crippen LogP contribution in [0.3, 0.4) is 0 Å². The molecule has 31 heavy (non-hydrogen) atoms. The molecule has 7 heteroatoms. The zero-order chi connectivity index (χ0) is 21.6. The Kier molecular flexibility index (Phi) is 6.54. The van der Waals surface area contributed by atoms with E-state index in [1.165, 1.54) is 16.8 Å². The number of ether oxygens (including phenoxy) is 2. The summed E-state index contributed by atoms with van der Waals surface area (Å²) in [6.07, 6.45) is 1.31. The lowest BCUT2D eigenvalue weighted by atomic mass is 10.1. The zero-order valence-corrected chi connectivity index (χ0v) is 17.0. The van der Waals surface area contributed by atoms with Crippen LogP contribution >= 0.6 is 0 Å². The van der Waals surface area contributed by atoms with E-state index in [1.807, 2.05) is 60.7 Å². The molecule has 2 aromatic carbocycles. The van der Waals surface area contributed by atoms with Crippen LogP contribution in [0, 0.1) is 5.92 Å². The molecule has 0 aliphatic heterocycles. The van der Waals surface area contributed by atoms with Gasteiger partial charge in [0.1, 0.15) is 0 Å². The molecule has 0 spiro atoms. The van der Waals surface area contributed by atoms with Gasteiger partial charge in [-0.3, -0.25) is 19.1 Å². The number of nitrogens with one attached hydrogen (secondary N) is 1. The van der Waals surface area contributed by atoms with Crippen LogP contribution in [0.15, 0.2) is 82.5 Å². The zero-order valence-electron chi connectivity index (χ0n) is 17.0. The molecule has 1 N–H and O–H groups in total. The van der Waals surface area contributed by atoms with E-state index in [4.69, 9.17) is 9.47 Å². The molecule has 3 atom stereocenters. The number of rotatable bonds is 8. The fourth-order valence-electron chi connectivity index (χ4n) is 3.88. The van der Waals surface area contributed by atoms with Gasteiger partial charge in [-0.05, 0) is 11.1 Å². The van der Waals surface area contributed by atoms with E-state index in [9.17, 15) is 14.4 Å². The predicted octanol–water partition coefficient (Wildman–Crippen LogP) is 2.47. The van der Waals surface area contributed by atoms with Crippen molar-refractivity contribution in [3.05, 3.63) is 105 Å². The van der Waals surface area contributed by atoms with Crippen LogP contribution in [0.5, 0.6) is 0 Å². The second kappa shape index (κ2) is 9.68. The number of hydrogen-bond donors (Lipinski definition) is 1. The first-order chi connectivity index (χ1) is 15.1. The minimum Gasteiger partial charge on any atom is -0.376 e. The van der Waals surface area contributed by atoms with Gasteiger partial charge in [0.25, 0.3) is 5.56 Å². The highest BCUT2D eigenvalue weighted by molar-refractivity contribution is 5.88. The fraction of sp³-hybridized carbons (Fsp3) is 0.292. The molecule has 0 bridgehead atoms. The number of carbonyl (C=O) groups is 1. The van der Waals surface area contributed by atoms with Crippen molar-refractivity contribution in [2.24, 2.45) is 5.92 Å². The third-order valence-corrected chi connectivity index (χ3v) is 5.50. The molecule has 7 nitrogen and oxygen atoms in total. The van der Waals surface area contributed by atoms with Gasteiger partial charge in [-0.2, -0.15) is 0 Å². The number of benzene rings is 2. The number of hydrogen-bond acceptors (Lipinski definition) is 5. The van der Waals surface area contributed by atoms with Crippen LogP contribution in [0.1, 0.15) is 23.6 Å². The number of ketones is 1. The fourth-order valence-corrected chi connectivity index (χ4v) is 3.88. The number of aromatic amines is 1. The molecule has 1 aliphatic rings. The molecule has 1 aliphatic carbocycles. The standard InChI is InChI=1S/C24H24N2O5/c27-22-11-12-26(24(29)25-22)20-13-21(31-15-18-9-5-2-6-10-18)19(23(20)28)16-30-14-17-7-3-1-4-8-17/h1-12,19-21H,13-16H2,(H,25,27,29)/t19-,20+,21+/m1/s1. The Bertz CT molecular complexity index is 1120. The Balaban J connectivity index is 1.49. The van der Waals surface area contributed by atoms with Gasteiger partial charge in [0, 0.05) is 18.7 Å². The quantitative estimate of drug-likeness (QED) is 0.605. The van der Waals surface area contributed by atoms with Crippen LogP contribution in [0.4, 0.5) is 0 Å². The topological polar surface area (TPSA) is 90.4 Å². The van der Waals surface area contributed by atoms with E-state index in [-0.39, 0.29) is 12.4 Å². The molecule has 3 aromatic rings. The molecule has 4 rings (SSSR count). The summed E-state index contributed by atoms with van der Waals surface area (Å²) in [5.74, 6) is -0.628. The first-order valence-corrected chi connectivity index (χ1v) is 10.2. The maximum atomic E-state index is 13.2. The molecule has 1 saturated carbocycles. The number of nitrogens with zero attached hydrogens (tertiary/aromatic N) is 1. The average Bonchev–Trinajstić information content (AvgIpc) is 3.09. The van der Waals surface area contributed by atoms with Crippen LogP contribution in [0.2, 0.25) is 0 Å². The van der Waals surface area contributed by atoms with Gasteiger partial charge in [0.2, 0.25) is 0 Å². The summed E-state index contributed by atoms with van der Waals surface area (Å²) in [6, 6.07) is 20.0. The Labute approximate surface area is 179 Å². The lowest BCUT2D eigenvalue weighted by Crippen LogP contribution is -2.34. The molecular weight excluding hydrogens is 396 g/mol. The molecule has 160 valence electrons. The first kappa shape index (κ1) is 21.0. The van der Waals surface area contributed by atoms with Crippen molar-refractivity contribution in [2.75, 3.05) is 6.61 Å². The molecule has 0 amide bonds. The van der Waals surface area contributed by atoms with Gasteiger partial charge in [0.15, 0.2) is 5.78 Å². The first-order valence-electron chi connectivity index (χ1n) is 10.2. The number of Topliss-reactive ketones (excluding diaryl/α,β-unsaturated/α-hetero) is 1. The van der Waals surface area contributed by atoms with E-state index in [0.29, 0.717) is 19.6 Å². The Hall–Kier alpha value is -3.29. The lowest BCUT2D eigenvalue weighted by molar-refractivity contribution is -0.128. The third-order valence-electron chi connectivity index (χ3n) is 5.50. The minimum atomic E-state index is -0.699. The van der Waals surface area contributed by atoms with Gasteiger partial charge in [-0.25, -0.2) is 4.79 Å². The van der Waals surface area contributed by atoms with Crippen molar-refractivity contribution in [3.63, 3.8) is 0 Å². The third kappa shape index (κ3) is 5.07. The highest BCUT2D eigenvalue weighted by atomic mass is 16.5. The average molecular weight is 420 g/mol. The largest absolute Gasteiger partial charge is 0.376 e. The SMILES string of the molecule is O=C1[C@H](COCc2ccccc2)[C@@H](OCc2ccccc2)C[C@@H]1n1ccc(=O)[nH]c1=O. The van der Waals surface area contributed by atoms with Gasteiger partial charge < -0.3 is 9.47 Å². The van der Waals surface area contributed by atoms with E-state index in [1.54, 1.807) is 0 Å². The highest BCUT2D eigenvalue weighted by Crippen LogP contribution is 2.34. The van der Waals surface area contributed by atoms with Gasteiger partial charge in [-0.1, -0.05) is 60.7 Å². The van der Waals surface area contributed by atoms with Crippen molar-refractivity contribution in [1.29, 1.82) is 0 Å². The number of aromatic nitrogens is 2. The summed E-state index contributed by atoms with van der Waals surface area (Å²) in [4.78, 5) is 39.1. The number of carbonyl (C=O) groups excluding carboxylic acids is 1. The molecule has 1 fully saturated rings. The van der Waals surface area contributed by atoms with Gasteiger partial charge >= 0.3 is 5.69 Å². The Morgan fingerprint density at radius 1 is 0.871 bits per heavy atom. The van der Waals surface area contributed by atoms with Crippen molar-refractivity contribution in [2.45, 2.75) is 31.8 Å². The number of H-pyrrole nitrogens is 1. The summed E-state index contributed by atoms with van der Waals surface area (Å²) >= 11 is 0. The van der Waals surface area contributed by atoms with Gasteiger partial charge in [0.05, 0.1) is 37.9 Å². The summed E-state index contributed by atoms with van der Waals surface area (Å²) in [5, 5.41) is 0. The smallest absolute Gasteiger partial charge is 0.328 e. The second-order valence-electron chi connectivity index (χ2n) is 7.61. The molecule has 0 unspecified atom stereocenters. The highest BCUT2D eigenvalue weighted by Gasteiger charge is 2.44.